The molecule has 0 saturated carbocycles. The maximum Gasteiger partial charge on any atom is 0.245 e. The van der Waals surface area contributed by atoms with E-state index in [2.05, 4.69) is 10.3 Å². The Morgan fingerprint density at radius 3 is 2.42 bits per heavy atom. The average Bonchev–Trinajstić information content (AvgIpc) is 2.83. The van der Waals surface area contributed by atoms with E-state index < -0.39 is 0 Å². The Balaban J connectivity index is 1.99. The number of hydrogen-bond donors (Lipinski definition) is 1. The Morgan fingerprint density at radius 2 is 1.88 bits per heavy atom. The molecule has 0 aliphatic rings. The molecule has 0 spiro atoms. The van der Waals surface area contributed by atoms with Crippen molar-refractivity contribution in [2.45, 2.75) is 40.2 Å². The molecule has 1 heterocycles. The van der Waals surface area contributed by atoms with E-state index >= 15 is 0 Å². The smallest absolute Gasteiger partial charge is 0.245 e. The molecule has 0 aliphatic carbocycles. The zero-order valence-corrected chi connectivity index (χ0v) is 15.3. The molecule has 0 atom stereocenters. The van der Waals surface area contributed by atoms with Crippen molar-refractivity contribution in [2.75, 3.05) is 11.9 Å². The molecule has 2 amide bonds. The molecule has 1 aromatic heterocycles. The predicted molar refractivity (Wildman–Crippen MR) is 97.2 cm³/mol. The summed E-state index contributed by atoms with van der Waals surface area (Å²) in [7, 11) is 0. The summed E-state index contributed by atoms with van der Waals surface area (Å²) in [6.45, 7) is 7.72. The van der Waals surface area contributed by atoms with Gasteiger partial charge in [-0.05, 0) is 33.3 Å². The number of nitrogens with zero attached hydrogens (tertiary/aromatic N) is 2. The van der Waals surface area contributed by atoms with Crippen LogP contribution < -0.4 is 5.32 Å². The van der Waals surface area contributed by atoms with Crippen molar-refractivity contribution in [1.29, 1.82) is 0 Å². The zero-order valence-electron chi connectivity index (χ0n) is 14.5. The van der Waals surface area contributed by atoms with E-state index in [0.717, 1.165) is 16.1 Å². The molecule has 2 aromatic rings. The molecule has 0 aliphatic heterocycles. The predicted octanol–water partition coefficient (Wildman–Crippen LogP) is 3.18. The lowest BCUT2D eigenvalue weighted by Crippen LogP contribution is -2.43. The molecule has 1 aromatic carbocycles. The third kappa shape index (κ3) is 4.89. The third-order valence-corrected chi connectivity index (χ3v) is 4.72. The summed E-state index contributed by atoms with van der Waals surface area (Å²) in [6, 6.07) is 9.51. The van der Waals surface area contributed by atoms with Crippen molar-refractivity contribution in [2.24, 2.45) is 0 Å². The monoisotopic (exact) mass is 345 g/mol. The van der Waals surface area contributed by atoms with E-state index in [1.807, 2.05) is 58.0 Å². The van der Waals surface area contributed by atoms with Crippen molar-refractivity contribution in [3.8, 4) is 0 Å². The van der Waals surface area contributed by atoms with E-state index in [1.165, 1.54) is 11.3 Å². The van der Waals surface area contributed by atoms with Crippen LogP contribution in [0.2, 0.25) is 0 Å². The maximum absolute atomic E-state index is 12.5. The quantitative estimate of drug-likeness (QED) is 0.875. The molecular formula is C18H23N3O2S. The van der Waals surface area contributed by atoms with E-state index in [0.29, 0.717) is 11.6 Å². The summed E-state index contributed by atoms with van der Waals surface area (Å²) >= 11 is 1.44. The van der Waals surface area contributed by atoms with Gasteiger partial charge in [0.05, 0.1) is 12.1 Å². The lowest BCUT2D eigenvalue weighted by atomic mass is 10.1. The summed E-state index contributed by atoms with van der Waals surface area (Å²) in [4.78, 5) is 31.8. The van der Waals surface area contributed by atoms with Crippen LogP contribution in [-0.2, 0) is 16.0 Å². The number of carbonyl (C=O) groups is 2. The lowest BCUT2D eigenvalue weighted by Gasteiger charge is -2.26. The molecule has 24 heavy (non-hydrogen) atoms. The maximum atomic E-state index is 12.5. The summed E-state index contributed by atoms with van der Waals surface area (Å²) in [6.07, 6.45) is 0.293. The Labute approximate surface area is 146 Å². The average molecular weight is 345 g/mol. The summed E-state index contributed by atoms with van der Waals surface area (Å²) in [5, 5.41) is 3.36. The summed E-state index contributed by atoms with van der Waals surface area (Å²) in [5.41, 5.74) is 1.86. The van der Waals surface area contributed by atoms with Gasteiger partial charge < -0.3 is 10.2 Å². The second-order valence-electron chi connectivity index (χ2n) is 5.99. The molecule has 0 bridgehead atoms. The fourth-order valence-electron chi connectivity index (χ4n) is 2.27. The molecule has 5 nitrogen and oxygen atoms in total. The topological polar surface area (TPSA) is 62.3 Å². The minimum Gasteiger partial charge on any atom is -0.331 e. The van der Waals surface area contributed by atoms with Crippen molar-refractivity contribution in [3.63, 3.8) is 0 Å². The number of rotatable bonds is 6. The van der Waals surface area contributed by atoms with Crippen molar-refractivity contribution in [3.05, 3.63) is 46.5 Å². The van der Waals surface area contributed by atoms with Gasteiger partial charge in [0.1, 0.15) is 6.54 Å². The van der Waals surface area contributed by atoms with Crippen LogP contribution in [0, 0.1) is 13.8 Å². The van der Waals surface area contributed by atoms with E-state index in [-0.39, 0.29) is 24.4 Å². The fourth-order valence-corrected chi connectivity index (χ4v) is 3.10. The van der Waals surface area contributed by atoms with E-state index in [1.54, 1.807) is 4.90 Å². The fraction of sp³-hybridized carbons (Fsp3) is 0.389. The number of carbonyl (C=O) groups excluding carboxylic acids is 2. The number of aryl methyl sites for hydroxylation is 2. The van der Waals surface area contributed by atoms with Crippen LogP contribution in [0.5, 0.6) is 0 Å². The van der Waals surface area contributed by atoms with Crippen LogP contribution in [0.25, 0.3) is 0 Å². The molecule has 0 fully saturated rings. The largest absolute Gasteiger partial charge is 0.331 e. The van der Waals surface area contributed by atoms with Crippen LogP contribution in [0.4, 0.5) is 5.13 Å². The first-order valence-electron chi connectivity index (χ1n) is 7.94. The Kier molecular flexibility index (Phi) is 6.09. The van der Waals surface area contributed by atoms with Gasteiger partial charge in [-0.3, -0.25) is 9.59 Å². The van der Waals surface area contributed by atoms with Gasteiger partial charge in [-0.15, -0.1) is 11.3 Å². The van der Waals surface area contributed by atoms with Gasteiger partial charge in [-0.1, -0.05) is 30.3 Å². The minimum atomic E-state index is -0.223. The number of nitrogens with one attached hydrogen (secondary N) is 1. The summed E-state index contributed by atoms with van der Waals surface area (Å²) < 4.78 is 0. The second-order valence-corrected chi connectivity index (χ2v) is 7.19. The molecule has 0 radical (unpaired) electrons. The third-order valence-electron chi connectivity index (χ3n) is 3.73. The first-order valence-corrected chi connectivity index (χ1v) is 8.75. The highest BCUT2D eigenvalue weighted by atomic mass is 32.1. The highest BCUT2D eigenvalue weighted by molar-refractivity contribution is 7.15. The molecule has 6 heteroatoms. The van der Waals surface area contributed by atoms with Crippen LogP contribution in [-0.4, -0.2) is 34.3 Å². The van der Waals surface area contributed by atoms with Gasteiger partial charge in [0.2, 0.25) is 11.8 Å². The number of aromatic nitrogens is 1. The number of thiazole rings is 1. The van der Waals surface area contributed by atoms with E-state index in [4.69, 9.17) is 0 Å². The highest BCUT2D eigenvalue weighted by Crippen LogP contribution is 2.21. The van der Waals surface area contributed by atoms with Gasteiger partial charge in [0.25, 0.3) is 0 Å². The molecule has 1 N–H and O–H groups in total. The second kappa shape index (κ2) is 8.06. The minimum absolute atomic E-state index is 0.0288. The SMILES string of the molecule is Cc1nc(NC(=O)CN(C(=O)Cc2ccccc2)C(C)C)sc1C. The van der Waals surface area contributed by atoms with E-state index in [9.17, 15) is 9.59 Å². The molecule has 0 saturated heterocycles. The van der Waals surface area contributed by atoms with Gasteiger partial charge in [-0.25, -0.2) is 4.98 Å². The van der Waals surface area contributed by atoms with Crippen molar-refractivity contribution < 1.29 is 9.59 Å². The first-order chi connectivity index (χ1) is 11.4. The van der Waals surface area contributed by atoms with Gasteiger partial charge in [-0.2, -0.15) is 0 Å². The van der Waals surface area contributed by atoms with Gasteiger partial charge in [0, 0.05) is 10.9 Å². The molecule has 2 rings (SSSR count). The summed E-state index contributed by atoms with van der Waals surface area (Å²) in [5.74, 6) is -0.281. The molecular weight excluding hydrogens is 322 g/mol. The number of benzene rings is 1. The first kappa shape index (κ1) is 18.1. The number of anilines is 1. The standard InChI is InChI=1S/C18H23N3O2S/c1-12(2)21(17(23)10-15-8-6-5-7-9-15)11-16(22)20-18-19-13(3)14(4)24-18/h5-9,12H,10-11H2,1-4H3,(H,19,20,22). The van der Waals surface area contributed by atoms with Gasteiger partial charge in [0.15, 0.2) is 5.13 Å². The highest BCUT2D eigenvalue weighted by Gasteiger charge is 2.21. The normalized spacial score (nSPS) is 10.7. The Morgan fingerprint density at radius 1 is 1.21 bits per heavy atom. The molecule has 128 valence electrons. The Bertz CT molecular complexity index is 691. The van der Waals surface area contributed by atoms with Gasteiger partial charge >= 0.3 is 0 Å². The number of amides is 2. The van der Waals surface area contributed by atoms with Crippen LogP contribution in [0.15, 0.2) is 30.3 Å². The Hall–Kier alpha value is -2.21. The molecule has 0 unspecified atom stereocenters. The van der Waals surface area contributed by atoms with Crippen molar-refractivity contribution in [1.82, 2.24) is 9.88 Å². The lowest BCUT2D eigenvalue weighted by molar-refractivity contribution is -0.135. The van der Waals surface area contributed by atoms with Crippen LogP contribution in [0.1, 0.15) is 30.0 Å². The van der Waals surface area contributed by atoms with Crippen molar-refractivity contribution >= 4 is 28.3 Å². The zero-order chi connectivity index (χ0) is 17.7. The number of hydrogen-bond acceptors (Lipinski definition) is 4. The van der Waals surface area contributed by atoms with Crippen LogP contribution >= 0.6 is 11.3 Å². The van der Waals surface area contributed by atoms with Crippen LogP contribution in [0.3, 0.4) is 0 Å².